The first-order valence-corrected chi connectivity index (χ1v) is 9.52. The van der Waals surface area contributed by atoms with E-state index in [4.69, 9.17) is 4.74 Å². The Labute approximate surface area is 142 Å². The van der Waals surface area contributed by atoms with Gasteiger partial charge < -0.3 is 15.0 Å². The lowest BCUT2D eigenvalue weighted by Crippen LogP contribution is -2.48. The number of hydrogen-bond donors (Lipinski definition) is 1. The van der Waals surface area contributed by atoms with E-state index in [-0.39, 0.29) is 18.2 Å². The quantitative estimate of drug-likeness (QED) is 0.918. The van der Waals surface area contributed by atoms with Crippen LogP contribution in [0, 0.1) is 0 Å². The van der Waals surface area contributed by atoms with Gasteiger partial charge in [0.25, 0.3) is 0 Å². The van der Waals surface area contributed by atoms with Crippen LogP contribution in [0.5, 0.6) is 0 Å². The van der Waals surface area contributed by atoms with Crippen molar-refractivity contribution in [3.8, 4) is 0 Å². The summed E-state index contributed by atoms with van der Waals surface area (Å²) in [7, 11) is 0. The fourth-order valence-electron chi connectivity index (χ4n) is 3.33. The largest absolute Gasteiger partial charge is 0.376 e. The van der Waals surface area contributed by atoms with E-state index in [1.807, 2.05) is 4.90 Å². The third-order valence-electron chi connectivity index (χ3n) is 4.71. The minimum atomic E-state index is 0.0611. The van der Waals surface area contributed by atoms with Crippen molar-refractivity contribution in [2.24, 2.45) is 0 Å². The van der Waals surface area contributed by atoms with E-state index in [1.165, 1.54) is 4.88 Å². The van der Waals surface area contributed by atoms with Crippen molar-refractivity contribution < 1.29 is 9.53 Å². The smallest absolute Gasteiger partial charge is 0.317 e. The van der Waals surface area contributed by atoms with Gasteiger partial charge in [0.1, 0.15) is 0 Å². The number of urea groups is 1. The van der Waals surface area contributed by atoms with Crippen LogP contribution in [0.15, 0.2) is 17.5 Å². The van der Waals surface area contributed by atoms with Gasteiger partial charge >= 0.3 is 6.03 Å². The highest BCUT2D eigenvalue weighted by Crippen LogP contribution is 2.16. The van der Waals surface area contributed by atoms with Gasteiger partial charge in [-0.2, -0.15) is 0 Å². The van der Waals surface area contributed by atoms with E-state index in [1.54, 1.807) is 11.3 Å². The van der Waals surface area contributed by atoms with Crippen molar-refractivity contribution in [2.45, 2.75) is 44.9 Å². The Morgan fingerprint density at radius 1 is 1.39 bits per heavy atom. The van der Waals surface area contributed by atoms with E-state index in [9.17, 15) is 4.79 Å². The predicted molar refractivity (Wildman–Crippen MR) is 92.8 cm³/mol. The first-order valence-electron chi connectivity index (χ1n) is 8.64. The van der Waals surface area contributed by atoms with E-state index < -0.39 is 0 Å². The fraction of sp³-hybridized carbons (Fsp3) is 0.706. The fourth-order valence-corrected chi connectivity index (χ4v) is 4.08. The molecule has 0 aromatic carbocycles. The first-order chi connectivity index (χ1) is 11.2. The van der Waals surface area contributed by atoms with Crippen LogP contribution in [-0.2, 0) is 11.3 Å². The Hall–Kier alpha value is -1.11. The number of amides is 2. The molecule has 2 fully saturated rings. The third kappa shape index (κ3) is 4.68. The molecule has 3 rings (SSSR count). The zero-order valence-electron chi connectivity index (χ0n) is 13.9. The van der Waals surface area contributed by atoms with E-state index in [2.05, 4.69) is 34.7 Å². The Bertz CT molecular complexity index is 488. The molecule has 6 heteroatoms. The molecule has 0 aliphatic carbocycles. The second-order valence-electron chi connectivity index (χ2n) is 6.49. The SMILES string of the molecule is C[C@@H](NC(=O)N1CCCN(Cc2cccs2)CC1)[C@H]1CCCO1. The minimum Gasteiger partial charge on any atom is -0.376 e. The molecule has 0 radical (unpaired) electrons. The molecule has 128 valence electrons. The molecule has 2 saturated heterocycles. The van der Waals surface area contributed by atoms with Crippen LogP contribution in [0.3, 0.4) is 0 Å². The van der Waals surface area contributed by atoms with Crippen molar-refractivity contribution >= 4 is 17.4 Å². The zero-order valence-corrected chi connectivity index (χ0v) is 14.7. The second-order valence-corrected chi connectivity index (χ2v) is 7.52. The van der Waals surface area contributed by atoms with Gasteiger partial charge in [-0.3, -0.25) is 4.90 Å². The number of hydrogen-bond acceptors (Lipinski definition) is 4. The maximum Gasteiger partial charge on any atom is 0.317 e. The van der Waals surface area contributed by atoms with Crippen LogP contribution in [-0.4, -0.2) is 60.8 Å². The Kier molecular flexibility index (Phi) is 5.91. The topological polar surface area (TPSA) is 44.8 Å². The molecule has 2 amide bonds. The van der Waals surface area contributed by atoms with Crippen LogP contribution in [0.4, 0.5) is 4.79 Å². The van der Waals surface area contributed by atoms with Gasteiger partial charge in [-0.15, -0.1) is 11.3 Å². The molecular formula is C17H27N3O2S. The van der Waals surface area contributed by atoms with Gasteiger partial charge in [0, 0.05) is 44.2 Å². The molecule has 1 aromatic rings. The van der Waals surface area contributed by atoms with Crippen molar-refractivity contribution in [1.82, 2.24) is 15.1 Å². The van der Waals surface area contributed by atoms with Crippen molar-refractivity contribution in [3.63, 3.8) is 0 Å². The van der Waals surface area contributed by atoms with Crippen LogP contribution in [0.25, 0.3) is 0 Å². The minimum absolute atomic E-state index is 0.0611. The standard InChI is InChI=1S/C17H27N3O2S/c1-14(16-6-2-11-22-16)18-17(21)20-8-4-7-19(9-10-20)13-15-5-3-12-23-15/h3,5,12,14,16H,2,4,6-11,13H2,1H3,(H,18,21)/t14-,16-/m1/s1. The van der Waals surface area contributed by atoms with Gasteiger partial charge in [0.15, 0.2) is 0 Å². The van der Waals surface area contributed by atoms with Crippen LogP contribution < -0.4 is 5.32 Å². The second kappa shape index (κ2) is 8.13. The number of rotatable bonds is 4. The van der Waals surface area contributed by atoms with Crippen LogP contribution in [0.2, 0.25) is 0 Å². The lowest BCUT2D eigenvalue weighted by Gasteiger charge is -2.26. The lowest BCUT2D eigenvalue weighted by molar-refractivity contribution is 0.0834. The molecule has 2 atom stereocenters. The number of carbonyl (C=O) groups is 1. The highest BCUT2D eigenvalue weighted by molar-refractivity contribution is 7.09. The first kappa shape index (κ1) is 16.7. The molecule has 1 aromatic heterocycles. The lowest BCUT2D eigenvalue weighted by atomic mass is 10.1. The summed E-state index contributed by atoms with van der Waals surface area (Å²) in [5.41, 5.74) is 0. The molecule has 5 nitrogen and oxygen atoms in total. The van der Waals surface area contributed by atoms with Gasteiger partial charge in [-0.25, -0.2) is 4.79 Å². The maximum atomic E-state index is 12.5. The summed E-state index contributed by atoms with van der Waals surface area (Å²) < 4.78 is 5.66. The molecule has 0 bridgehead atoms. The summed E-state index contributed by atoms with van der Waals surface area (Å²) in [4.78, 5) is 18.3. The van der Waals surface area contributed by atoms with Gasteiger partial charge in [-0.1, -0.05) is 6.07 Å². The molecule has 23 heavy (non-hydrogen) atoms. The molecule has 1 N–H and O–H groups in total. The Morgan fingerprint density at radius 3 is 3.04 bits per heavy atom. The molecule has 3 heterocycles. The van der Waals surface area contributed by atoms with Crippen molar-refractivity contribution in [2.75, 3.05) is 32.8 Å². The predicted octanol–water partition coefficient (Wildman–Crippen LogP) is 2.53. The summed E-state index contributed by atoms with van der Waals surface area (Å²) in [6.45, 7) is 7.52. The highest BCUT2D eigenvalue weighted by Gasteiger charge is 2.26. The maximum absolute atomic E-state index is 12.5. The number of thiophene rings is 1. The monoisotopic (exact) mass is 337 g/mol. The van der Waals surface area contributed by atoms with E-state index in [0.717, 1.165) is 58.6 Å². The van der Waals surface area contributed by atoms with Crippen LogP contribution in [0.1, 0.15) is 31.1 Å². The molecular weight excluding hydrogens is 310 g/mol. The normalized spacial score (nSPS) is 24.4. The Morgan fingerprint density at radius 2 is 2.30 bits per heavy atom. The summed E-state index contributed by atoms with van der Waals surface area (Å²) in [6.07, 6.45) is 3.37. The summed E-state index contributed by atoms with van der Waals surface area (Å²) >= 11 is 1.80. The van der Waals surface area contributed by atoms with Gasteiger partial charge in [0.2, 0.25) is 0 Å². The van der Waals surface area contributed by atoms with Crippen molar-refractivity contribution in [3.05, 3.63) is 22.4 Å². The van der Waals surface area contributed by atoms with E-state index in [0.29, 0.717) is 0 Å². The molecule has 0 spiro atoms. The summed E-state index contributed by atoms with van der Waals surface area (Å²) in [5.74, 6) is 0. The average Bonchev–Trinajstić information content (AvgIpc) is 3.19. The molecule has 0 saturated carbocycles. The molecule has 2 aliphatic heterocycles. The number of ether oxygens (including phenoxy) is 1. The summed E-state index contributed by atoms with van der Waals surface area (Å²) in [6, 6.07) is 4.44. The summed E-state index contributed by atoms with van der Waals surface area (Å²) in [5, 5.41) is 5.25. The zero-order chi connectivity index (χ0) is 16.1. The van der Waals surface area contributed by atoms with Gasteiger partial charge in [0.05, 0.1) is 12.1 Å². The third-order valence-corrected chi connectivity index (χ3v) is 5.57. The van der Waals surface area contributed by atoms with E-state index >= 15 is 0 Å². The molecule has 2 aliphatic rings. The number of carbonyl (C=O) groups excluding carboxylic acids is 1. The Balaban J connectivity index is 1.46. The average molecular weight is 337 g/mol. The highest BCUT2D eigenvalue weighted by atomic mass is 32.1. The van der Waals surface area contributed by atoms with Crippen LogP contribution >= 0.6 is 11.3 Å². The number of nitrogens with one attached hydrogen (secondary N) is 1. The van der Waals surface area contributed by atoms with Gasteiger partial charge in [-0.05, 0) is 37.6 Å². The van der Waals surface area contributed by atoms with Crippen molar-refractivity contribution in [1.29, 1.82) is 0 Å². The molecule has 0 unspecified atom stereocenters. The number of nitrogens with zero attached hydrogens (tertiary/aromatic N) is 2.